The molecule has 2 aliphatic heterocycles. The summed E-state index contributed by atoms with van der Waals surface area (Å²) in [5.41, 5.74) is 4.69. The molecule has 2 aromatic rings. The van der Waals surface area contributed by atoms with Gasteiger partial charge in [-0.1, -0.05) is 18.2 Å². The Labute approximate surface area is 182 Å². The Kier molecular flexibility index (Phi) is 4.71. The van der Waals surface area contributed by atoms with Gasteiger partial charge in [0.25, 0.3) is 0 Å². The van der Waals surface area contributed by atoms with Crippen molar-refractivity contribution in [3.05, 3.63) is 51.4 Å². The third-order valence-corrected chi connectivity index (χ3v) is 8.96. The Morgan fingerprint density at radius 2 is 2.10 bits per heavy atom. The normalized spacial score (nSPS) is 26.6. The first-order valence-corrected chi connectivity index (χ1v) is 12.0. The Morgan fingerprint density at radius 3 is 2.83 bits per heavy atom. The molecular weight excluding hydrogens is 452 g/mol. The molecule has 8 heteroatoms. The summed E-state index contributed by atoms with van der Waals surface area (Å²) in [5, 5.41) is 9.70. The summed E-state index contributed by atoms with van der Waals surface area (Å²) in [5.74, 6) is 0.767. The number of aromatic nitrogens is 2. The molecule has 0 amide bonds. The number of hydrogen-bond acceptors (Lipinski definition) is 6. The minimum atomic E-state index is -1.11. The molecular formula is C21H25BrN4O2S. The van der Waals surface area contributed by atoms with Gasteiger partial charge >= 0.3 is 0 Å². The van der Waals surface area contributed by atoms with Crippen LogP contribution in [0.3, 0.4) is 0 Å². The number of hydrogen-bond donors (Lipinski definition) is 2. The lowest BCUT2D eigenvalue weighted by Gasteiger charge is -2.46. The molecule has 1 fully saturated rings. The van der Waals surface area contributed by atoms with Crippen molar-refractivity contribution in [2.24, 2.45) is 5.41 Å². The number of rotatable bonds is 2. The maximum absolute atomic E-state index is 13.0. The molecule has 1 unspecified atom stereocenters. The first-order valence-electron chi connectivity index (χ1n) is 10.0. The third-order valence-electron chi connectivity index (χ3n) is 6.98. The fourth-order valence-electron chi connectivity index (χ4n) is 5.36. The summed E-state index contributed by atoms with van der Waals surface area (Å²) in [4.78, 5) is 11.1. The minimum Gasteiger partial charge on any atom is -0.597 e. The van der Waals surface area contributed by atoms with Crippen molar-refractivity contribution >= 4 is 33.1 Å². The average molecular weight is 477 g/mol. The molecule has 29 heavy (non-hydrogen) atoms. The van der Waals surface area contributed by atoms with E-state index in [0.717, 1.165) is 38.2 Å². The maximum Gasteiger partial charge on any atom is 0.164 e. The predicted molar refractivity (Wildman–Crippen MR) is 117 cm³/mol. The molecule has 3 aliphatic rings. The summed E-state index contributed by atoms with van der Waals surface area (Å²) >= 11 is 2.22. The van der Waals surface area contributed by atoms with Crippen LogP contribution in [0.1, 0.15) is 55.1 Å². The van der Waals surface area contributed by atoms with Crippen LogP contribution in [0.5, 0.6) is 0 Å². The van der Waals surface area contributed by atoms with Crippen molar-refractivity contribution in [1.82, 2.24) is 14.7 Å². The zero-order valence-electron chi connectivity index (χ0n) is 16.6. The van der Waals surface area contributed by atoms with Crippen LogP contribution >= 0.6 is 15.9 Å². The summed E-state index contributed by atoms with van der Waals surface area (Å²) in [6.45, 7) is 5.70. The van der Waals surface area contributed by atoms with E-state index < -0.39 is 11.4 Å². The summed E-state index contributed by atoms with van der Waals surface area (Å²) < 4.78 is 16.8. The standard InChI is InChI=1S/C21H25BrN4O2S/c1-20(2)14-5-3-4-13-10-21(18(17(13)14)25-29(20)28)6-8-26(9-7-21)19-15(12-27)24-16(22)11-23-19/h3-5,11,18,25,27H,6-10,12H2,1-2H3/t18-,29?/m1/s1. The second-order valence-electron chi connectivity index (χ2n) is 8.86. The van der Waals surface area contributed by atoms with Gasteiger partial charge in [-0.15, -0.1) is 4.72 Å². The second-order valence-corrected chi connectivity index (χ2v) is 11.5. The fraction of sp³-hybridized carbons (Fsp3) is 0.524. The monoisotopic (exact) mass is 476 g/mol. The Balaban J connectivity index is 1.44. The molecule has 154 valence electrons. The molecule has 3 heterocycles. The van der Waals surface area contributed by atoms with Crippen LogP contribution in [0.4, 0.5) is 5.82 Å². The molecule has 1 saturated heterocycles. The molecule has 1 aliphatic carbocycles. The lowest BCUT2D eigenvalue weighted by atomic mass is 9.72. The zero-order valence-corrected chi connectivity index (χ0v) is 19.0. The summed E-state index contributed by atoms with van der Waals surface area (Å²) in [6.07, 6.45) is 4.68. The Hall–Kier alpha value is -1.19. The van der Waals surface area contributed by atoms with E-state index in [4.69, 9.17) is 0 Å². The van der Waals surface area contributed by atoms with Gasteiger partial charge in [0.1, 0.15) is 10.3 Å². The summed E-state index contributed by atoms with van der Waals surface area (Å²) in [7, 11) is 0. The number of benzene rings is 1. The Morgan fingerprint density at radius 1 is 1.34 bits per heavy atom. The molecule has 1 aromatic carbocycles. The van der Waals surface area contributed by atoms with E-state index in [0.29, 0.717) is 10.3 Å². The van der Waals surface area contributed by atoms with E-state index in [1.807, 2.05) is 0 Å². The molecule has 1 aromatic heterocycles. The van der Waals surface area contributed by atoms with Crippen LogP contribution < -0.4 is 9.62 Å². The molecule has 1 spiro atoms. The average Bonchev–Trinajstić information content (AvgIpc) is 3.00. The minimum absolute atomic E-state index is 0.0727. The van der Waals surface area contributed by atoms with E-state index >= 15 is 0 Å². The third kappa shape index (κ3) is 2.95. The van der Waals surface area contributed by atoms with Gasteiger partial charge in [0, 0.05) is 35.4 Å². The fourth-order valence-corrected chi connectivity index (χ4v) is 6.93. The highest BCUT2D eigenvalue weighted by atomic mass is 79.9. The van der Waals surface area contributed by atoms with Crippen molar-refractivity contribution in [2.45, 2.75) is 50.5 Å². The van der Waals surface area contributed by atoms with Gasteiger partial charge < -0.3 is 14.6 Å². The van der Waals surface area contributed by atoms with Crippen molar-refractivity contribution in [3.63, 3.8) is 0 Å². The van der Waals surface area contributed by atoms with E-state index in [1.54, 1.807) is 6.20 Å². The van der Waals surface area contributed by atoms with Crippen LogP contribution in [0.2, 0.25) is 0 Å². The number of fused-ring (bicyclic) bond motifs is 1. The molecule has 0 radical (unpaired) electrons. The first-order chi connectivity index (χ1) is 13.9. The van der Waals surface area contributed by atoms with Crippen molar-refractivity contribution in [3.8, 4) is 0 Å². The Bertz CT molecular complexity index is 962. The molecule has 2 N–H and O–H groups in total. The number of aliphatic hydroxyl groups excluding tert-OH is 1. The van der Waals surface area contributed by atoms with Crippen LogP contribution in [0.15, 0.2) is 29.0 Å². The van der Waals surface area contributed by atoms with E-state index in [1.165, 1.54) is 16.7 Å². The lowest BCUT2D eigenvalue weighted by molar-refractivity contribution is 0.172. The molecule has 0 saturated carbocycles. The number of aliphatic hydroxyl groups is 1. The van der Waals surface area contributed by atoms with E-state index in [9.17, 15) is 9.66 Å². The van der Waals surface area contributed by atoms with Crippen LogP contribution in [0, 0.1) is 5.41 Å². The first kappa shape index (κ1) is 19.8. The van der Waals surface area contributed by atoms with Crippen molar-refractivity contribution < 1.29 is 9.66 Å². The molecule has 0 bridgehead atoms. The van der Waals surface area contributed by atoms with Crippen LogP contribution in [0.25, 0.3) is 0 Å². The molecule has 6 nitrogen and oxygen atoms in total. The summed E-state index contributed by atoms with van der Waals surface area (Å²) in [6, 6.07) is 6.65. The molecule has 2 atom stereocenters. The van der Waals surface area contributed by atoms with Crippen LogP contribution in [-0.4, -0.2) is 32.7 Å². The molecule has 5 rings (SSSR count). The van der Waals surface area contributed by atoms with Gasteiger partial charge in [0.15, 0.2) is 10.6 Å². The van der Waals surface area contributed by atoms with Gasteiger partial charge in [-0.25, -0.2) is 9.97 Å². The topological polar surface area (TPSA) is 84.3 Å². The number of anilines is 1. The zero-order chi connectivity index (χ0) is 20.4. The highest BCUT2D eigenvalue weighted by molar-refractivity contribution is 9.10. The highest BCUT2D eigenvalue weighted by Crippen LogP contribution is 2.57. The largest absolute Gasteiger partial charge is 0.597 e. The van der Waals surface area contributed by atoms with Gasteiger partial charge in [-0.3, -0.25) is 0 Å². The number of nitrogens with zero attached hydrogens (tertiary/aromatic N) is 3. The smallest absolute Gasteiger partial charge is 0.164 e. The van der Waals surface area contributed by atoms with E-state index in [2.05, 4.69) is 67.6 Å². The van der Waals surface area contributed by atoms with Crippen LogP contribution in [-0.2, 0) is 29.1 Å². The van der Waals surface area contributed by atoms with Gasteiger partial charge in [-0.2, -0.15) is 0 Å². The number of nitrogens with one attached hydrogen (secondary N) is 1. The SMILES string of the molecule is CC1(C)c2cccc3c2[C@@H](N[S+]1[O-])C1(CCN(c2ncc(Br)nc2CO)CC1)C3. The second kappa shape index (κ2) is 6.92. The van der Waals surface area contributed by atoms with Gasteiger partial charge in [0.05, 0.1) is 18.8 Å². The van der Waals surface area contributed by atoms with Gasteiger partial charge in [-0.05, 0) is 60.2 Å². The quantitative estimate of drug-likeness (QED) is 0.647. The van der Waals surface area contributed by atoms with E-state index in [-0.39, 0.29) is 22.8 Å². The highest BCUT2D eigenvalue weighted by Gasteiger charge is 2.56. The lowest BCUT2D eigenvalue weighted by Crippen LogP contribution is -2.53. The number of halogens is 1. The maximum atomic E-state index is 13.0. The predicted octanol–water partition coefficient (Wildman–Crippen LogP) is 3.12. The number of piperidine rings is 1. The van der Waals surface area contributed by atoms with Crippen molar-refractivity contribution in [1.29, 1.82) is 0 Å². The van der Waals surface area contributed by atoms with Gasteiger partial charge in [0.2, 0.25) is 0 Å². The van der Waals surface area contributed by atoms with Crippen molar-refractivity contribution in [2.75, 3.05) is 18.0 Å².